The third kappa shape index (κ3) is 4.77. The molecule has 182 valence electrons. The van der Waals surface area contributed by atoms with Crippen LogP contribution in [0.5, 0.6) is 0 Å². The Hall–Kier alpha value is -3.72. The van der Waals surface area contributed by atoms with E-state index in [-0.39, 0.29) is 23.6 Å². The van der Waals surface area contributed by atoms with E-state index in [9.17, 15) is 14.7 Å². The zero-order valence-electron chi connectivity index (χ0n) is 19.9. The fraction of sp³-hybridized carbons (Fsp3) is 0.308. The zero-order chi connectivity index (χ0) is 25.1. The first kappa shape index (κ1) is 24.4. The van der Waals surface area contributed by atoms with Crippen LogP contribution in [0, 0.1) is 13.8 Å². The maximum atomic E-state index is 11.9. The number of carboxylic acids is 1. The number of para-hydroxylation sites is 1. The molecule has 1 saturated heterocycles. The van der Waals surface area contributed by atoms with Crippen molar-refractivity contribution in [3.63, 3.8) is 0 Å². The Morgan fingerprint density at radius 3 is 2.60 bits per heavy atom. The Labute approximate surface area is 209 Å². The molecule has 1 fully saturated rings. The highest BCUT2D eigenvalue weighted by atomic mass is 32.1. The lowest BCUT2D eigenvalue weighted by Crippen LogP contribution is -2.31. The predicted octanol–water partition coefficient (Wildman–Crippen LogP) is 4.11. The normalized spacial score (nSPS) is 17.3. The Balaban J connectivity index is 1.79. The van der Waals surface area contributed by atoms with E-state index in [1.807, 2.05) is 48.7 Å². The molecule has 0 radical (unpaired) electrons. The molecule has 2 unspecified atom stereocenters. The molecule has 0 aliphatic carbocycles. The van der Waals surface area contributed by atoms with Crippen LogP contribution in [0.25, 0.3) is 5.69 Å². The number of aromatic carboxylic acids is 1. The van der Waals surface area contributed by atoms with E-state index in [2.05, 4.69) is 21.3 Å². The lowest BCUT2D eigenvalue weighted by atomic mass is 9.96. The van der Waals surface area contributed by atoms with E-state index in [1.54, 1.807) is 18.3 Å². The number of hydrogen-bond donors (Lipinski definition) is 2. The van der Waals surface area contributed by atoms with E-state index in [1.165, 1.54) is 7.11 Å². The summed E-state index contributed by atoms with van der Waals surface area (Å²) in [4.78, 5) is 30.3. The van der Waals surface area contributed by atoms with Gasteiger partial charge in [0, 0.05) is 30.6 Å². The van der Waals surface area contributed by atoms with Crippen LogP contribution >= 0.6 is 12.2 Å². The molecular weight excluding hydrogens is 464 g/mol. The molecule has 0 spiro atoms. The number of benzene rings is 1. The maximum Gasteiger partial charge on any atom is 0.337 e. The monoisotopic (exact) mass is 492 g/mol. The van der Waals surface area contributed by atoms with Crippen LogP contribution in [-0.4, -0.2) is 50.3 Å². The average molecular weight is 493 g/mol. The third-order valence-electron chi connectivity index (χ3n) is 6.37. The molecule has 3 heterocycles. The molecule has 0 bridgehead atoms. The Morgan fingerprint density at radius 2 is 1.91 bits per heavy atom. The number of hydrogen-bond acceptors (Lipinski definition) is 5. The number of thiocarbonyl (C=S) groups is 1. The molecule has 3 aromatic rings. The first-order valence-corrected chi connectivity index (χ1v) is 11.8. The summed E-state index contributed by atoms with van der Waals surface area (Å²) in [6.07, 6.45) is 2.63. The third-order valence-corrected chi connectivity index (χ3v) is 6.72. The van der Waals surface area contributed by atoms with Crippen molar-refractivity contribution in [1.82, 2.24) is 19.8 Å². The van der Waals surface area contributed by atoms with Crippen molar-refractivity contribution in [2.45, 2.75) is 38.8 Å². The van der Waals surface area contributed by atoms with Crippen molar-refractivity contribution in [3.8, 4) is 5.69 Å². The van der Waals surface area contributed by atoms with Crippen LogP contribution in [0.15, 0.2) is 54.7 Å². The minimum Gasteiger partial charge on any atom is -0.478 e. The maximum absolute atomic E-state index is 11.9. The molecular formula is C26H28N4O4S. The number of ether oxygens (including phenoxy) is 1. The lowest BCUT2D eigenvalue weighted by molar-refractivity contribution is -0.140. The molecule has 1 aromatic carbocycles. The van der Waals surface area contributed by atoms with Crippen molar-refractivity contribution in [2.24, 2.45) is 0 Å². The molecule has 2 N–H and O–H groups in total. The van der Waals surface area contributed by atoms with Crippen molar-refractivity contribution < 1.29 is 19.4 Å². The number of aromatic nitrogens is 2. The minimum absolute atomic E-state index is 0.188. The number of pyridine rings is 1. The summed E-state index contributed by atoms with van der Waals surface area (Å²) in [5.74, 6) is -1.24. The molecule has 0 saturated carbocycles. The molecule has 1 aliphatic rings. The van der Waals surface area contributed by atoms with Crippen LogP contribution in [0.3, 0.4) is 0 Å². The molecule has 2 atom stereocenters. The molecule has 8 nitrogen and oxygen atoms in total. The summed E-state index contributed by atoms with van der Waals surface area (Å²) in [5.41, 5.74) is 4.55. The standard InChI is InChI=1S/C26H28N4O4S/c1-16-15-19(17(2)30(16)21-11-5-4-9-18(21)25(32)33)24-23(20-10-6-7-13-27-20)28-26(35)29(24)14-8-12-22(31)34-3/h4-7,9-11,13,15,23-24H,8,12,14H2,1-3H3,(H,28,35)(H,32,33). The second-order valence-electron chi connectivity index (χ2n) is 8.48. The van der Waals surface area contributed by atoms with Gasteiger partial charge >= 0.3 is 11.9 Å². The number of methoxy groups -OCH3 is 1. The molecule has 9 heteroatoms. The highest BCUT2D eigenvalue weighted by Crippen LogP contribution is 2.41. The first-order valence-electron chi connectivity index (χ1n) is 11.4. The van der Waals surface area contributed by atoms with Gasteiger partial charge in [-0.15, -0.1) is 0 Å². The lowest BCUT2D eigenvalue weighted by Gasteiger charge is -2.28. The number of carboxylic acid groups (broad SMARTS) is 1. The Kier molecular flexibility index (Phi) is 7.16. The van der Waals surface area contributed by atoms with E-state index in [4.69, 9.17) is 17.0 Å². The Bertz CT molecular complexity index is 1260. The number of nitrogens with one attached hydrogen (secondary N) is 1. The van der Waals surface area contributed by atoms with E-state index >= 15 is 0 Å². The van der Waals surface area contributed by atoms with Gasteiger partial charge in [-0.3, -0.25) is 9.78 Å². The number of nitrogens with zero attached hydrogens (tertiary/aromatic N) is 3. The van der Waals surface area contributed by atoms with Gasteiger partial charge < -0.3 is 24.6 Å². The highest BCUT2D eigenvalue weighted by molar-refractivity contribution is 7.80. The van der Waals surface area contributed by atoms with Gasteiger partial charge in [0.1, 0.15) is 0 Å². The minimum atomic E-state index is -0.978. The van der Waals surface area contributed by atoms with Gasteiger partial charge in [-0.05, 0) is 68.4 Å². The average Bonchev–Trinajstić information content (AvgIpc) is 3.34. The van der Waals surface area contributed by atoms with Gasteiger partial charge in [-0.2, -0.15) is 0 Å². The van der Waals surface area contributed by atoms with Crippen molar-refractivity contribution >= 4 is 29.3 Å². The molecule has 4 rings (SSSR count). The summed E-state index contributed by atoms with van der Waals surface area (Å²) in [6.45, 7) is 4.52. The number of rotatable bonds is 8. The topological polar surface area (TPSA) is 96.7 Å². The summed E-state index contributed by atoms with van der Waals surface area (Å²) in [6, 6.07) is 14.4. The predicted molar refractivity (Wildman–Crippen MR) is 136 cm³/mol. The second kappa shape index (κ2) is 10.3. The smallest absolute Gasteiger partial charge is 0.337 e. The SMILES string of the molecule is COC(=O)CCCN1C(=S)NC(c2ccccn2)C1c1cc(C)n(-c2ccccc2C(=O)O)c1C. The van der Waals surface area contributed by atoms with Crippen LogP contribution in [0.2, 0.25) is 0 Å². The number of esters is 1. The van der Waals surface area contributed by atoms with E-state index in [0.717, 1.165) is 22.6 Å². The highest BCUT2D eigenvalue weighted by Gasteiger charge is 2.41. The van der Waals surface area contributed by atoms with Gasteiger partial charge in [-0.1, -0.05) is 18.2 Å². The first-order chi connectivity index (χ1) is 16.8. The molecule has 35 heavy (non-hydrogen) atoms. The molecule has 2 aromatic heterocycles. The van der Waals surface area contributed by atoms with Gasteiger partial charge in [0.2, 0.25) is 0 Å². The van der Waals surface area contributed by atoms with E-state index in [0.29, 0.717) is 30.2 Å². The number of carbonyl (C=O) groups excluding carboxylic acids is 1. The summed E-state index contributed by atoms with van der Waals surface area (Å²) in [5, 5.41) is 13.8. The van der Waals surface area contributed by atoms with Crippen molar-refractivity contribution in [1.29, 1.82) is 0 Å². The van der Waals surface area contributed by atoms with Crippen LogP contribution in [0.1, 0.15) is 57.9 Å². The summed E-state index contributed by atoms with van der Waals surface area (Å²) in [7, 11) is 1.38. The van der Waals surface area contributed by atoms with Crippen LogP contribution < -0.4 is 5.32 Å². The second-order valence-corrected chi connectivity index (χ2v) is 8.87. The number of aryl methyl sites for hydroxylation is 1. The van der Waals surface area contributed by atoms with Gasteiger partial charge in [0.15, 0.2) is 5.11 Å². The zero-order valence-corrected chi connectivity index (χ0v) is 20.7. The van der Waals surface area contributed by atoms with Crippen LogP contribution in [0.4, 0.5) is 0 Å². The number of carbonyl (C=O) groups is 2. The van der Waals surface area contributed by atoms with Gasteiger partial charge in [0.25, 0.3) is 0 Å². The quantitative estimate of drug-likeness (QED) is 0.358. The summed E-state index contributed by atoms with van der Waals surface area (Å²) >= 11 is 5.72. The van der Waals surface area contributed by atoms with Gasteiger partial charge in [-0.25, -0.2) is 4.79 Å². The fourth-order valence-electron chi connectivity index (χ4n) is 4.79. The van der Waals surface area contributed by atoms with E-state index < -0.39 is 5.97 Å². The molecule has 0 amide bonds. The Morgan fingerprint density at radius 1 is 1.17 bits per heavy atom. The van der Waals surface area contributed by atoms with Gasteiger partial charge in [0.05, 0.1) is 36.1 Å². The molecule has 1 aliphatic heterocycles. The van der Waals surface area contributed by atoms with Crippen molar-refractivity contribution in [2.75, 3.05) is 13.7 Å². The fourth-order valence-corrected chi connectivity index (χ4v) is 5.12. The largest absolute Gasteiger partial charge is 0.478 e. The van der Waals surface area contributed by atoms with Crippen molar-refractivity contribution in [3.05, 3.63) is 82.9 Å². The summed E-state index contributed by atoms with van der Waals surface area (Å²) < 4.78 is 6.77. The van der Waals surface area contributed by atoms with Crippen LogP contribution in [-0.2, 0) is 9.53 Å².